The number of halogens is 1. The normalized spacial score (nSPS) is 12.0. The summed E-state index contributed by atoms with van der Waals surface area (Å²) in [6.07, 6.45) is 3.66. The van der Waals surface area contributed by atoms with E-state index in [0.717, 1.165) is 35.8 Å². The fourth-order valence-corrected chi connectivity index (χ4v) is 5.98. The highest BCUT2D eigenvalue weighted by molar-refractivity contribution is 7.92. The van der Waals surface area contributed by atoms with Gasteiger partial charge in [-0.05, 0) is 55.5 Å². The van der Waals surface area contributed by atoms with Crippen molar-refractivity contribution < 1.29 is 18.0 Å². The van der Waals surface area contributed by atoms with Crippen molar-refractivity contribution in [2.24, 2.45) is 0 Å². The van der Waals surface area contributed by atoms with Crippen molar-refractivity contribution in [3.8, 4) is 0 Å². The van der Waals surface area contributed by atoms with Gasteiger partial charge in [-0.25, -0.2) is 8.42 Å². The number of hydrogen-bond acceptors (Lipinski definition) is 4. The van der Waals surface area contributed by atoms with Crippen LogP contribution in [0.3, 0.4) is 0 Å². The first-order valence-electron chi connectivity index (χ1n) is 14.4. The molecule has 1 atom stereocenters. The van der Waals surface area contributed by atoms with Crippen molar-refractivity contribution in [2.75, 3.05) is 23.7 Å². The number of benzene rings is 3. The first-order valence-corrected chi connectivity index (χ1v) is 16.6. The summed E-state index contributed by atoms with van der Waals surface area (Å²) in [5.41, 5.74) is 4.12. The quantitative estimate of drug-likeness (QED) is 0.212. The lowest BCUT2D eigenvalue weighted by atomic mass is 10.0. The van der Waals surface area contributed by atoms with Gasteiger partial charge in [0, 0.05) is 37.5 Å². The van der Waals surface area contributed by atoms with Crippen LogP contribution in [0.2, 0.25) is 5.02 Å². The summed E-state index contributed by atoms with van der Waals surface area (Å²) in [6.45, 7) is 6.75. The fraction of sp³-hybridized carbons (Fsp3) is 0.394. The minimum absolute atomic E-state index is 0.0744. The van der Waals surface area contributed by atoms with Crippen LogP contribution in [-0.4, -0.2) is 50.5 Å². The number of unbranched alkanes of at least 4 members (excludes halogenated alkanes) is 1. The predicted molar refractivity (Wildman–Crippen MR) is 171 cm³/mol. The molecule has 0 bridgehead atoms. The number of carbonyl (C=O) groups excluding carboxylic acids is 2. The topological polar surface area (TPSA) is 86.8 Å². The molecule has 0 aliphatic carbocycles. The molecule has 0 saturated heterocycles. The Morgan fingerprint density at radius 3 is 2.24 bits per heavy atom. The molecule has 9 heteroatoms. The first-order chi connectivity index (χ1) is 20.0. The largest absolute Gasteiger partial charge is 0.354 e. The van der Waals surface area contributed by atoms with Gasteiger partial charge in [-0.1, -0.05) is 91.2 Å². The van der Waals surface area contributed by atoms with Crippen LogP contribution in [0.1, 0.15) is 54.9 Å². The molecule has 0 heterocycles. The molecule has 0 fully saturated rings. The maximum absolute atomic E-state index is 13.9. The molecule has 0 aliphatic rings. The molecule has 2 amide bonds. The van der Waals surface area contributed by atoms with E-state index in [4.69, 9.17) is 11.6 Å². The van der Waals surface area contributed by atoms with E-state index in [-0.39, 0.29) is 37.7 Å². The van der Waals surface area contributed by atoms with E-state index >= 15 is 0 Å². The van der Waals surface area contributed by atoms with Gasteiger partial charge in [0.15, 0.2) is 0 Å². The van der Waals surface area contributed by atoms with Crippen LogP contribution in [0.5, 0.6) is 0 Å². The van der Waals surface area contributed by atoms with Gasteiger partial charge in [-0.15, -0.1) is 0 Å². The Balaban J connectivity index is 1.88. The van der Waals surface area contributed by atoms with Crippen LogP contribution in [0.25, 0.3) is 0 Å². The number of nitrogens with zero attached hydrogens (tertiary/aromatic N) is 2. The summed E-state index contributed by atoms with van der Waals surface area (Å²) in [5, 5.41) is 3.50. The second kappa shape index (κ2) is 15.8. The van der Waals surface area contributed by atoms with E-state index in [1.165, 1.54) is 4.31 Å². The summed E-state index contributed by atoms with van der Waals surface area (Å²) in [6, 6.07) is 22.0. The number of aryl methyl sites for hydroxylation is 1. The molecule has 0 aromatic heterocycles. The molecule has 1 unspecified atom stereocenters. The van der Waals surface area contributed by atoms with Crippen LogP contribution < -0.4 is 9.62 Å². The van der Waals surface area contributed by atoms with E-state index in [0.29, 0.717) is 29.2 Å². The summed E-state index contributed by atoms with van der Waals surface area (Å²) >= 11 is 6.28. The first kappa shape index (κ1) is 33.1. The Morgan fingerprint density at radius 2 is 1.60 bits per heavy atom. The summed E-state index contributed by atoms with van der Waals surface area (Å²) in [7, 11) is -3.63. The van der Waals surface area contributed by atoms with Crippen LogP contribution >= 0.6 is 11.6 Å². The smallest absolute Gasteiger partial charge is 0.243 e. The Hall–Kier alpha value is -3.36. The fourth-order valence-electron chi connectivity index (χ4n) is 4.80. The van der Waals surface area contributed by atoms with Crippen molar-refractivity contribution in [3.05, 3.63) is 100 Å². The van der Waals surface area contributed by atoms with Gasteiger partial charge in [0.25, 0.3) is 0 Å². The van der Waals surface area contributed by atoms with E-state index < -0.39 is 16.1 Å². The SMILES string of the molecule is CCCCNC(=O)C(Cc1ccccc1)N(Cc1ccc(C)cc1)C(=O)CCCN(c1cccc(Cl)c1C)S(C)(=O)=O. The average Bonchev–Trinajstić information content (AvgIpc) is 2.95. The molecule has 42 heavy (non-hydrogen) atoms. The zero-order chi connectivity index (χ0) is 30.7. The van der Waals surface area contributed by atoms with Gasteiger partial charge in [-0.2, -0.15) is 0 Å². The van der Waals surface area contributed by atoms with Gasteiger partial charge >= 0.3 is 0 Å². The molecule has 3 aromatic carbocycles. The van der Waals surface area contributed by atoms with E-state index in [1.54, 1.807) is 30.0 Å². The number of nitrogens with one attached hydrogen (secondary N) is 1. The maximum Gasteiger partial charge on any atom is 0.243 e. The number of amides is 2. The second-order valence-corrected chi connectivity index (χ2v) is 13.0. The summed E-state index contributed by atoms with van der Waals surface area (Å²) in [4.78, 5) is 29.1. The van der Waals surface area contributed by atoms with Gasteiger partial charge in [-0.3, -0.25) is 13.9 Å². The lowest BCUT2D eigenvalue weighted by molar-refractivity contribution is -0.141. The Bertz CT molecular complexity index is 1430. The van der Waals surface area contributed by atoms with Gasteiger partial charge in [0.1, 0.15) is 6.04 Å². The highest BCUT2D eigenvalue weighted by Crippen LogP contribution is 2.28. The third-order valence-corrected chi connectivity index (χ3v) is 8.82. The molecular formula is C33H42ClN3O4S. The molecule has 7 nitrogen and oxygen atoms in total. The highest BCUT2D eigenvalue weighted by Gasteiger charge is 2.30. The van der Waals surface area contributed by atoms with Gasteiger partial charge in [0.2, 0.25) is 21.8 Å². The minimum Gasteiger partial charge on any atom is -0.354 e. The maximum atomic E-state index is 13.9. The zero-order valence-electron chi connectivity index (χ0n) is 25.0. The van der Waals surface area contributed by atoms with Crippen LogP contribution in [0.4, 0.5) is 5.69 Å². The Morgan fingerprint density at radius 1 is 0.905 bits per heavy atom. The number of hydrogen-bond donors (Lipinski definition) is 1. The van der Waals surface area contributed by atoms with Gasteiger partial charge in [0.05, 0.1) is 11.9 Å². The molecule has 3 rings (SSSR count). The van der Waals surface area contributed by atoms with Gasteiger partial charge < -0.3 is 10.2 Å². The molecule has 0 saturated carbocycles. The molecule has 3 aromatic rings. The van der Waals surface area contributed by atoms with Crippen molar-refractivity contribution in [1.82, 2.24) is 10.2 Å². The Kier molecular flexibility index (Phi) is 12.4. The molecular weight excluding hydrogens is 570 g/mol. The van der Waals surface area contributed by atoms with E-state index in [1.807, 2.05) is 61.5 Å². The second-order valence-electron chi connectivity index (χ2n) is 10.7. The third-order valence-electron chi connectivity index (χ3n) is 7.23. The monoisotopic (exact) mass is 611 g/mol. The minimum atomic E-state index is -3.63. The highest BCUT2D eigenvalue weighted by atomic mass is 35.5. The summed E-state index contributed by atoms with van der Waals surface area (Å²) in [5.74, 6) is -0.404. The van der Waals surface area contributed by atoms with Crippen LogP contribution in [-0.2, 0) is 32.6 Å². The molecule has 0 spiro atoms. The Labute approximate surface area is 255 Å². The number of carbonyl (C=O) groups is 2. The van der Waals surface area contributed by atoms with Crippen molar-refractivity contribution >= 4 is 39.1 Å². The third kappa shape index (κ3) is 9.60. The molecule has 0 radical (unpaired) electrons. The number of sulfonamides is 1. The lowest BCUT2D eigenvalue weighted by Crippen LogP contribution is -2.50. The lowest BCUT2D eigenvalue weighted by Gasteiger charge is -2.32. The van der Waals surface area contributed by atoms with Crippen molar-refractivity contribution in [2.45, 2.75) is 65.5 Å². The zero-order valence-corrected chi connectivity index (χ0v) is 26.5. The van der Waals surface area contributed by atoms with Crippen molar-refractivity contribution in [1.29, 1.82) is 0 Å². The number of rotatable bonds is 15. The van der Waals surface area contributed by atoms with Crippen LogP contribution in [0.15, 0.2) is 72.8 Å². The predicted octanol–water partition coefficient (Wildman–Crippen LogP) is 6.06. The van der Waals surface area contributed by atoms with Crippen LogP contribution in [0, 0.1) is 13.8 Å². The summed E-state index contributed by atoms with van der Waals surface area (Å²) < 4.78 is 26.8. The standard InChI is InChI=1S/C33H42ClN3O4S/c1-5-6-21-35-33(39)31(23-27-12-8-7-9-13-27)36(24-28-19-17-25(2)18-20-28)32(38)16-11-22-37(42(4,40)41)30-15-10-14-29(34)26(30)3/h7-10,12-15,17-20,31H,5-6,11,16,21-24H2,1-4H3,(H,35,39). The van der Waals surface area contributed by atoms with E-state index in [2.05, 4.69) is 12.2 Å². The van der Waals surface area contributed by atoms with Crippen molar-refractivity contribution in [3.63, 3.8) is 0 Å². The molecule has 226 valence electrons. The number of anilines is 1. The average molecular weight is 612 g/mol. The van der Waals surface area contributed by atoms with E-state index in [9.17, 15) is 18.0 Å². The molecule has 1 N–H and O–H groups in total. The molecule has 0 aliphatic heterocycles.